The van der Waals surface area contributed by atoms with Crippen molar-refractivity contribution in [2.45, 2.75) is 13.3 Å². The molecule has 1 heterocycles. The molecule has 0 spiro atoms. The molecular formula is C12H9NO6. The van der Waals surface area contributed by atoms with Crippen molar-refractivity contribution in [2.75, 3.05) is 0 Å². The van der Waals surface area contributed by atoms with Crippen LogP contribution in [-0.4, -0.2) is 16.0 Å². The highest BCUT2D eigenvalue weighted by Gasteiger charge is 2.19. The maximum Gasteiger partial charge on any atom is 0.372 e. The molecule has 0 aliphatic carbocycles. The van der Waals surface area contributed by atoms with E-state index in [0.717, 1.165) is 6.07 Å². The van der Waals surface area contributed by atoms with Gasteiger partial charge in [-0.05, 0) is 12.5 Å². The van der Waals surface area contributed by atoms with Crippen LogP contribution in [0.3, 0.4) is 0 Å². The van der Waals surface area contributed by atoms with Crippen LogP contribution in [0.25, 0.3) is 11.0 Å². The SMILES string of the molecule is CCc1c(C(=O)O)oc2cc([N+](=O)[O-])ccc2c1=O. The van der Waals surface area contributed by atoms with E-state index in [0.29, 0.717) is 0 Å². The molecule has 0 amide bonds. The van der Waals surface area contributed by atoms with Gasteiger partial charge < -0.3 is 9.52 Å². The van der Waals surface area contributed by atoms with E-state index in [4.69, 9.17) is 9.52 Å². The lowest BCUT2D eigenvalue weighted by atomic mass is 10.1. The second-order valence-corrected chi connectivity index (χ2v) is 3.84. The van der Waals surface area contributed by atoms with Gasteiger partial charge in [-0.1, -0.05) is 6.92 Å². The third-order valence-corrected chi connectivity index (χ3v) is 2.73. The maximum atomic E-state index is 12.1. The number of non-ortho nitro benzene ring substituents is 1. The molecule has 0 saturated heterocycles. The average Bonchev–Trinajstić information content (AvgIpc) is 2.37. The molecule has 1 N–H and O–H groups in total. The maximum absolute atomic E-state index is 12.1. The summed E-state index contributed by atoms with van der Waals surface area (Å²) in [6.45, 7) is 1.63. The number of nitro groups is 1. The van der Waals surface area contributed by atoms with Gasteiger partial charge in [0, 0.05) is 6.07 Å². The minimum absolute atomic E-state index is 0.0499. The number of rotatable bonds is 3. The molecule has 19 heavy (non-hydrogen) atoms. The molecule has 1 aromatic carbocycles. The molecule has 0 aliphatic heterocycles. The normalized spacial score (nSPS) is 10.6. The molecule has 1 aromatic heterocycles. The number of carbonyl (C=O) groups is 1. The third kappa shape index (κ3) is 2.05. The van der Waals surface area contributed by atoms with Crippen molar-refractivity contribution >= 4 is 22.6 Å². The lowest BCUT2D eigenvalue weighted by Gasteiger charge is -2.04. The highest BCUT2D eigenvalue weighted by molar-refractivity contribution is 5.90. The molecule has 2 rings (SSSR count). The van der Waals surface area contributed by atoms with Gasteiger partial charge in [-0.15, -0.1) is 0 Å². The highest BCUT2D eigenvalue weighted by atomic mass is 16.6. The summed E-state index contributed by atoms with van der Waals surface area (Å²) in [5, 5.41) is 19.8. The van der Waals surface area contributed by atoms with Crippen LogP contribution in [0.1, 0.15) is 23.0 Å². The van der Waals surface area contributed by atoms with Crippen molar-refractivity contribution in [1.29, 1.82) is 0 Å². The Labute approximate surface area is 106 Å². The van der Waals surface area contributed by atoms with Crippen LogP contribution in [0.15, 0.2) is 27.4 Å². The van der Waals surface area contributed by atoms with E-state index in [9.17, 15) is 19.7 Å². The summed E-state index contributed by atoms with van der Waals surface area (Å²) < 4.78 is 5.11. The Morgan fingerprint density at radius 1 is 1.47 bits per heavy atom. The number of nitro benzene ring substituents is 1. The van der Waals surface area contributed by atoms with Gasteiger partial charge in [-0.25, -0.2) is 4.79 Å². The smallest absolute Gasteiger partial charge is 0.372 e. The number of hydrogen-bond donors (Lipinski definition) is 1. The molecule has 0 aliphatic rings. The van der Waals surface area contributed by atoms with Crippen LogP contribution in [-0.2, 0) is 6.42 Å². The number of aromatic carboxylic acids is 1. The van der Waals surface area contributed by atoms with Crippen LogP contribution >= 0.6 is 0 Å². The van der Waals surface area contributed by atoms with E-state index in [1.165, 1.54) is 12.1 Å². The Balaban J connectivity index is 2.87. The summed E-state index contributed by atoms with van der Waals surface area (Å²) in [6.07, 6.45) is 0.205. The van der Waals surface area contributed by atoms with E-state index < -0.39 is 22.1 Å². The molecule has 2 aromatic rings. The predicted molar refractivity (Wildman–Crippen MR) is 65.5 cm³/mol. The fraction of sp³-hybridized carbons (Fsp3) is 0.167. The zero-order valence-corrected chi connectivity index (χ0v) is 9.87. The summed E-state index contributed by atoms with van der Waals surface area (Å²) in [5.41, 5.74) is -0.796. The molecule has 0 saturated carbocycles. The first-order chi connectivity index (χ1) is 8.95. The Bertz CT molecular complexity index is 746. The Morgan fingerprint density at radius 3 is 2.68 bits per heavy atom. The second kappa shape index (κ2) is 4.52. The first-order valence-electron chi connectivity index (χ1n) is 5.43. The van der Waals surface area contributed by atoms with Crippen molar-refractivity contribution in [1.82, 2.24) is 0 Å². The van der Waals surface area contributed by atoms with Crippen LogP contribution < -0.4 is 5.43 Å². The van der Waals surface area contributed by atoms with E-state index in [2.05, 4.69) is 0 Å². The molecule has 0 atom stereocenters. The van der Waals surface area contributed by atoms with Crippen LogP contribution in [0.4, 0.5) is 5.69 Å². The lowest BCUT2D eigenvalue weighted by molar-refractivity contribution is -0.384. The lowest BCUT2D eigenvalue weighted by Crippen LogP contribution is -2.15. The Hall–Kier alpha value is -2.70. The minimum Gasteiger partial charge on any atom is -0.475 e. The van der Waals surface area contributed by atoms with Crippen molar-refractivity contribution < 1.29 is 19.2 Å². The summed E-state index contributed by atoms with van der Waals surface area (Å²) in [5.74, 6) is -1.84. The molecule has 0 radical (unpaired) electrons. The standard InChI is InChI=1S/C12H9NO6/c1-2-7-10(14)8-4-3-6(13(17)18)5-9(8)19-11(7)12(15)16/h3-5H,2H2,1H3,(H,15,16). The van der Waals surface area contributed by atoms with Crippen molar-refractivity contribution in [3.05, 3.63) is 49.9 Å². The molecular weight excluding hydrogens is 254 g/mol. The zero-order valence-electron chi connectivity index (χ0n) is 9.87. The van der Waals surface area contributed by atoms with E-state index >= 15 is 0 Å². The summed E-state index contributed by atoms with van der Waals surface area (Å²) in [4.78, 5) is 33.1. The van der Waals surface area contributed by atoms with E-state index in [-0.39, 0.29) is 28.6 Å². The molecule has 0 bridgehead atoms. The van der Waals surface area contributed by atoms with Crippen molar-refractivity contribution in [2.24, 2.45) is 0 Å². The Morgan fingerprint density at radius 2 is 2.16 bits per heavy atom. The van der Waals surface area contributed by atoms with Gasteiger partial charge in [-0.2, -0.15) is 0 Å². The quantitative estimate of drug-likeness (QED) is 0.669. The Kier molecular flexibility index (Phi) is 3.04. The minimum atomic E-state index is -1.37. The highest BCUT2D eigenvalue weighted by Crippen LogP contribution is 2.21. The third-order valence-electron chi connectivity index (χ3n) is 2.73. The number of carboxylic acids is 1. The average molecular weight is 263 g/mol. The molecule has 7 heteroatoms. The van der Waals surface area contributed by atoms with Gasteiger partial charge in [0.2, 0.25) is 5.76 Å². The summed E-state index contributed by atoms with van der Waals surface area (Å²) >= 11 is 0. The fourth-order valence-corrected chi connectivity index (χ4v) is 1.83. The van der Waals surface area contributed by atoms with Gasteiger partial charge in [0.25, 0.3) is 5.69 Å². The fourth-order valence-electron chi connectivity index (χ4n) is 1.83. The first kappa shape index (κ1) is 12.7. The number of nitrogens with zero attached hydrogens (tertiary/aromatic N) is 1. The summed E-state index contributed by atoms with van der Waals surface area (Å²) in [7, 11) is 0. The molecule has 0 fully saturated rings. The van der Waals surface area contributed by atoms with E-state index in [1.807, 2.05) is 0 Å². The number of benzene rings is 1. The zero-order chi connectivity index (χ0) is 14.2. The first-order valence-corrected chi connectivity index (χ1v) is 5.43. The monoisotopic (exact) mass is 263 g/mol. The largest absolute Gasteiger partial charge is 0.475 e. The summed E-state index contributed by atoms with van der Waals surface area (Å²) in [6, 6.07) is 3.49. The second-order valence-electron chi connectivity index (χ2n) is 3.84. The van der Waals surface area contributed by atoms with E-state index in [1.54, 1.807) is 6.92 Å². The molecule has 7 nitrogen and oxygen atoms in total. The molecule has 0 unspecified atom stereocenters. The van der Waals surface area contributed by atoms with Gasteiger partial charge in [-0.3, -0.25) is 14.9 Å². The van der Waals surface area contributed by atoms with Crippen molar-refractivity contribution in [3.63, 3.8) is 0 Å². The number of fused-ring (bicyclic) bond motifs is 1. The van der Waals surface area contributed by atoms with Gasteiger partial charge in [0.15, 0.2) is 5.43 Å². The van der Waals surface area contributed by atoms with Gasteiger partial charge >= 0.3 is 5.97 Å². The topological polar surface area (TPSA) is 111 Å². The van der Waals surface area contributed by atoms with Gasteiger partial charge in [0.1, 0.15) is 5.58 Å². The number of carboxylic acid groups (broad SMARTS) is 1. The molecule has 98 valence electrons. The van der Waals surface area contributed by atoms with Crippen LogP contribution in [0, 0.1) is 10.1 Å². The van der Waals surface area contributed by atoms with Crippen LogP contribution in [0.5, 0.6) is 0 Å². The predicted octanol–water partition coefficient (Wildman–Crippen LogP) is 1.96. The number of hydrogen-bond acceptors (Lipinski definition) is 5. The van der Waals surface area contributed by atoms with Crippen LogP contribution in [0.2, 0.25) is 0 Å². The van der Waals surface area contributed by atoms with Gasteiger partial charge in [0.05, 0.1) is 21.9 Å². The van der Waals surface area contributed by atoms with Crippen molar-refractivity contribution in [3.8, 4) is 0 Å².